The molecule has 1 aromatic carbocycles. The van der Waals surface area contributed by atoms with E-state index in [0.717, 1.165) is 0 Å². The minimum absolute atomic E-state index is 0.0518. The van der Waals surface area contributed by atoms with E-state index in [-0.39, 0.29) is 17.5 Å². The van der Waals surface area contributed by atoms with Gasteiger partial charge in [-0.05, 0) is 30.4 Å². The zero-order chi connectivity index (χ0) is 9.84. The number of aliphatic hydroxyl groups excluding tert-OH is 1. The molecule has 13 heavy (non-hydrogen) atoms. The largest absolute Gasteiger partial charge is 0.508 e. The summed E-state index contributed by atoms with van der Waals surface area (Å²) in [6.07, 6.45) is 0. The molecule has 0 aliphatic heterocycles. The molecule has 0 aliphatic carbocycles. The molecule has 4 nitrogen and oxygen atoms in total. The van der Waals surface area contributed by atoms with Crippen LogP contribution in [-0.2, 0) is 6.61 Å². The van der Waals surface area contributed by atoms with E-state index in [1.807, 2.05) is 0 Å². The lowest BCUT2D eigenvalue weighted by molar-refractivity contribution is 0.275. The molecule has 0 aliphatic rings. The summed E-state index contributed by atoms with van der Waals surface area (Å²) in [4.78, 5) is 0. The summed E-state index contributed by atoms with van der Waals surface area (Å²) in [6.45, 7) is -0.224. The molecular formula is C8H10N2O2S. The topological polar surface area (TPSA) is 78.5 Å². The van der Waals surface area contributed by atoms with Gasteiger partial charge in [-0.15, -0.1) is 0 Å². The Kier molecular flexibility index (Phi) is 3.05. The second-order valence-electron chi connectivity index (χ2n) is 2.49. The summed E-state index contributed by atoms with van der Waals surface area (Å²) in [7, 11) is 0. The van der Waals surface area contributed by atoms with Gasteiger partial charge in [0.25, 0.3) is 0 Å². The van der Waals surface area contributed by atoms with Crippen LogP contribution in [-0.4, -0.2) is 15.3 Å². The van der Waals surface area contributed by atoms with Crippen molar-refractivity contribution in [1.82, 2.24) is 0 Å². The number of phenols is 1. The van der Waals surface area contributed by atoms with Crippen LogP contribution >= 0.6 is 12.2 Å². The fraction of sp³-hybridized carbons (Fsp3) is 0.125. The Morgan fingerprint density at radius 3 is 2.77 bits per heavy atom. The molecular weight excluding hydrogens is 188 g/mol. The number of benzene rings is 1. The summed E-state index contributed by atoms with van der Waals surface area (Å²) in [5, 5.41) is 20.9. The molecule has 0 saturated heterocycles. The average Bonchev–Trinajstić information content (AvgIpc) is 2.07. The first kappa shape index (κ1) is 9.76. The maximum atomic E-state index is 9.22. The van der Waals surface area contributed by atoms with Crippen LogP contribution in [0.5, 0.6) is 5.75 Å². The van der Waals surface area contributed by atoms with Crippen molar-refractivity contribution in [3.8, 4) is 5.75 Å². The molecule has 70 valence electrons. The van der Waals surface area contributed by atoms with Crippen LogP contribution in [0.2, 0.25) is 0 Å². The molecule has 0 aromatic heterocycles. The molecule has 5 N–H and O–H groups in total. The molecule has 0 atom stereocenters. The monoisotopic (exact) mass is 198 g/mol. The lowest BCUT2D eigenvalue weighted by atomic mass is 10.2. The van der Waals surface area contributed by atoms with Gasteiger partial charge >= 0.3 is 0 Å². The van der Waals surface area contributed by atoms with E-state index < -0.39 is 0 Å². The van der Waals surface area contributed by atoms with Crippen molar-refractivity contribution < 1.29 is 10.2 Å². The van der Waals surface area contributed by atoms with Crippen LogP contribution in [0.4, 0.5) is 5.69 Å². The van der Waals surface area contributed by atoms with Crippen molar-refractivity contribution in [3.05, 3.63) is 23.8 Å². The van der Waals surface area contributed by atoms with Gasteiger partial charge in [0.05, 0.1) is 6.61 Å². The number of nitrogens with two attached hydrogens (primary N) is 1. The van der Waals surface area contributed by atoms with Crippen LogP contribution < -0.4 is 11.1 Å². The Bertz CT molecular complexity index is 328. The molecule has 0 fully saturated rings. The fourth-order valence-electron chi connectivity index (χ4n) is 0.932. The molecule has 0 bridgehead atoms. The lowest BCUT2D eigenvalue weighted by Crippen LogP contribution is -2.18. The van der Waals surface area contributed by atoms with E-state index >= 15 is 0 Å². The summed E-state index contributed by atoms with van der Waals surface area (Å²) in [6, 6.07) is 4.66. The number of thiocarbonyl (C=S) groups is 1. The fourth-order valence-corrected chi connectivity index (χ4v) is 1.05. The van der Waals surface area contributed by atoms with Gasteiger partial charge in [-0.2, -0.15) is 0 Å². The number of aromatic hydroxyl groups is 1. The average molecular weight is 198 g/mol. The summed E-state index contributed by atoms with van der Waals surface area (Å²) in [5.74, 6) is 0.0518. The van der Waals surface area contributed by atoms with Crippen molar-refractivity contribution in [2.24, 2.45) is 5.73 Å². The van der Waals surface area contributed by atoms with Crippen molar-refractivity contribution in [3.63, 3.8) is 0 Å². The van der Waals surface area contributed by atoms with Crippen LogP contribution in [0, 0.1) is 0 Å². The lowest BCUT2D eigenvalue weighted by Gasteiger charge is -2.06. The third kappa shape index (κ3) is 2.57. The highest BCUT2D eigenvalue weighted by molar-refractivity contribution is 7.80. The van der Waals surface area contributed by atoms with E-state index in [0.29, 0.717) is 11.3 Å². The van der Waals surface area contributed by atoms with Crippen molar-refractivity contribution in [2.75, 3.05) is 5.32 Å². The smallest absolute Gasteiger partial charge is 0.168 e. The second kappa shape index (κ2) is 4.06. The number of anilines is 1. The highest BCUT2D eigenvalue weighted by Crippen LogP contribution is 2.20. The zero-order valence-electron chi connectivity index (χ0n) is 6.82. The third-order valence-electron chi connectivity index (χ3n) is 1.52. The Morgan fingerprint density at radius 2 is 2.23 bits per heavy atom. The van der Waals surface area contributed by atoms with E-state index in [9.17, 15) is 5.11 Å². The van der Waals surface area contributed by atoms with Crippen molar-refractivity contribution in [2.45, 2.75) is 6.61 Å². The van der Waals surface area contributed by atoms with Gasteiger partial charge in [0.1, 0.15) is 5.75 Å². The molecule has 0 unspecified atom stereocenters. The maximum Gasteiger partial charge on any atom is 0.168 e. The molecule has 0 saturated carbocycles. The third-order valence-corrected chi connectivity index (χ3v) is 1.62. The van der Waals surface area contributed by atoms with Crippen LogP contribution in [0.3, 0.4) is 0 Å². The minimum Gasteiger partial charge on any atom is -0.508 e. The molecule has 0 radical (unpaired) electrons. The number of rotatable bonds is 2. The zero-order valence-corrected chi connectivity index (χ0v) is 7.64. The first-order valence-corrected chi connectivity index (χ1v) is 4.03. The number of hydrogen-bond donors (Lipinski definition) is 4. The standard InChI is InChI=1S/C8H10N2O2S/c9-8(13)10-6-1-2-7(12)5(3-6)4-11/h1-3,11-12H,4H2,(H3,9,10,13). The highest BCUT2D eigenvalue weighted by atomic mass is 32.1. The van der Waals surface area contributed by atoms with E-state index in [4.69, 9.17) is 10.8 Å². The van der Waals surface area contributed by atoms with Gasteiger partial charge in [-0.25, -0.2) is 0 Å². The number of hydrogen-bond acceptors (Lipinski definition) is 3. The predicted octanol–water partition coefficient (Wildman–Crippen LogP) is 0.540. The van der Waals surface area contributed by atoms with Gasteiger partial charge in [-0.1, -0.05) is 0 Å². The molecule has 0 spiro atoms. The van der Waals surface area contributed by atoms with Gasteiger partial charge in [0.15, 0.2) is 5.11 Å². The second-order valence-corrected chi connectivity index (χ2v) is 2.93. The highest BCUT2D eigenvalue weighted by Gasteiger charge is 2.01. The summed E-state index contributed by atoms with van der Waals surface area (Å²) < 4.78 is 0. The summed E-state index contributed by atoms with van der Waals surface area (Å²) in [5.41, 5.74) is 6.33. The molecule has 1 aromatic rings. The number of nitrogens with one attached hydrogen (secondary N) is 1. The SMILES string of the molecule is NC(=S)Nc1ccc(O)c(CO)c1. The first-order chi connectivity index (χ1) is 6.13. The van der Waals surface area contributed by atoms with Crippen molar-refractivity contribution >= 4 is 23.0 Å². The molecule has 1 rings (SSSR count). The Labute approximate surface area is 81.0 Å². The molecule has 5 heteroatoms. The molecule has 0 amide bonds. The normalized spacial score (nSPS) is 9.62. The first-order valence-electron chi connectivity index (χ1n) is 3.62. The maximum absolute atomic E-state index is 9.22. The van der Waals surface area contributed by atoms with E-state index in [1.165, 1.54) is 6.07 Å². The van der Waals surface area contributed by atoms with Gasteiger partial charge in [-0.3, -0.25) is 0 Å². The Hall–Kier alpha value is -1.33. The Morgan fingerprint density at radius 1 is 1.54 bits per heavy atom. The Balaban J connectivity index is 2.92. The van der Waals surface area contributed by atoms with Crippen molar-refractivity contribution in [1.29, 1.82) is 0 Å². The van der Waals surface area contributed by atoms with Gasteiger partial charge in [0, 0.05) is 11.3 Å². The van der Waals surface area contributed by atoms with Gasteiger partial charge in [0.2, 0.25) is 0 Å². The number of aliphatic hydroxyl groups is 1. The summed E-state index contributed by atoms with van der Waals surface area (Å²) >= 11 is 4.63. The van der Waals surface area contributed by atoms with Gasteiger partial charge < -0.3 is 21.3 Å². The van der Waals surface area contributed by atoms with Crippen LogP contribution in [0.15, 0.2) is 18.2 Å². The van der Waals surface area contributed by atoms with E-state index in [1.54, 1.807) is 12.1 Å². The minimum atomic E-state index is -0.224. The van der Waals surface area contributed by atoms with Crippen LogP contribution in [0.1, 0.15) is 5.56 Å². The van der Waals surface area contributed by atoms with E-state index in [2.05, 4.69) is 17.5 Å². The predicted molar refractivity (Wildman–Crippen MR) is 54.4 cm³/mol. The molecule has 0 heterocycles. The van der Waals surface area contributed by atoms with Crippen LogP contribution in [0.25, 0.3) is 0 Å². The quantitative estimate of drug-likeness (QED) is 0.412.